The van der Waals surface area contributed by atoms with Gasteiger partial charge in [-0.3, -0.25) is 9.80 Å². The molecule has 1 fully saturated rings. The maximum absolute atomic E-state index is 5.71. The first-order chi connectivity index (χ1) is 9.67. The van der Waals surface area contributed by atoms with Crippen molar-refractivity contribution < 1.29 is 4.74 Å². The minimum atomic E-state index is 0.523. The second-order valence-corrected chi connectivity index (χ2v) is 5.56. The van der Waals surface area contributed by atoms with Gasteiger partial charge in [-0.1, -0.05) is 19.1 Å². The van der Waals surface area contributed by atoms with Crippen LogP contribution in [0, 0.1) is 0 Å². The topological polar surface area (TPSA) is 41.7 Å². The third-order valence-corrected chi connectivity index (χ3v) is 4.23. The molecule has 0 spiro atoms. The van der Waals surface area contributed by atoms with Crippen LogP contribution >= 0.6 is 0 Å². The highest BCUT2D eigenvalue weighted by Gasteiger charge is 2.22. The van der Waals surface area contributed by atoms with Crippen LogP contribution in [0.3, 0.4) is 0 Å². The molecular weight excluding hydrogens is 250 g/mol. The van der Waals surface area contributed by atoms with E-state index in [0.717, 1.165) is 44.0 Å². The average molecular weight is 277 g/mol. The van der Waals surface area contributed by atoms with E-state index in [-0.39, 0.29) is 0 Å². The zero-order chi connectivity index (χ0) is 14.5. The van der Waals surface area contributed by atoms with Crippen molar-refractivity contribution in [1.29, 1.82) is 0 Å². The molecule has 0 saturated carbocycles. The Morgan fingerprint density at radius 1 is 1.35 bits per heavy atom. The van der Waals surface area contributed by atoms with Gasteiger partial charge < -0.3 is 10.5 Å². The quantitative estimate of drug-likeness (QED) is 0.889. The molecule has 1 aliphatic heterocycles. The lowest BCUT2D eigenvalue weighted by molar-refractivity contribution is 0.0834. The fourth-order valence-electron chi connectivity index (χ4n) is 3.00. The molecule has 20 heavy (non-hydrogen) atoms. The van der Waals surface area contributed by atoms with E-state index in [9.17, 15) is 0 Å². The van der Waals surface area contributed by atoms with E-state index in [1.807, 2.05) is 0 Å². The maximum Gasteiger partial charge on any atom is 0.123 e. The van der Waals surface area contributed by atoms with Gasteiger partial charge in [0, 0.05) is 44.3 Å². The Balaban J connectivity index is 2.00. The van der Waals surface area contributed by atoms with Gasteiger partial charge in [0.05, 0.1) is 7.11 Å². The van der Waals surface area contributed by atoms with Crippen molar-refractivity contribution in [1.82, 2.24) is 9.80 Å². The summed E-state index contributed by atoms with van der Waals surface area (Å²) in [5, 5.41) is 0. The summed E-state index contributed by atoms with van der Waals surface area (Å²) in [6.45, 7) is 10.6. The number of rotatable bonds is 5. The summed E-state index contributed by atoms with van der Waals surface area (Å²) in [6.07, 6.45) is 0. The lowest BCUT2D eigenvalue weighted by atomic mass is 10.1. The second kappa shape index (κ2) is 7.07. The Hall–Kier alpha value is -1.10. The molecule has 1 aromatic carbocycles. The first-order valence-corrected chi connectivity index (χ1v) is 7.50. The maximum atomic E-state index is 5.71. The second-order valence-electron chi connectivity index (χ2n) is 5.56. The molecule has 0 bridgehead atoms. The fourth-order valence-corrected chi connectivity index (χ4v) is 3.00. The molecule has 0 aromatic heterocycles. The largest absolute Gasteiger partial charge is 0.496 e. The zero-order valence-corrected chi connectivity index (χ0v) is 12.9. The highest BCUT2D eigenvalue weighted by molar-refractivity contribution is 5.37. The Bertz CT molecular complexity index is 436. The number of nitrogens with two attached hydrogens (primary N) is 1. The molecule has 2 rings (SSSR count). The van der Waals surface area contributed by atoms with Crippen LogP contribution in [0.4, 0.5) is 0 Å². The number of nitrogens with zero attached hydrogens (tertiary/aromatic N) is 2. The highest BCUT2D eigenvalue weighted by atomic mass is 16.5. The molecule has 1 saturated heterocycles. The van der Waals surface area contributed by atoms with E-state index in [1.165, 1.54) is 5.56 Å². The van der Waals surface area contributed by atoms with E-state index in [2.05, 4.69) is 41.8 Å². The van der Waals surface area contributed by atoms with Crippen LogP contribution in [-0.2, 0) is 13.1 Å². The Morgan fingerprint density at radius 2 is 2.15 bits per heavy atom. The van der Waals surface area contributed by atoms with Crippen molar-refractivity contribution in [2.24, 2.45) is 5.73 Å². The van der Waals surface area contributed by atoms with Crippen molar-refractivity contribution in [3.8, 4) is 5.75 Å². The van der Waals surface area contributed by atoms with Crippen molar-refractivity contribution in [3.05, 3.63) is 29.3 Å². The van der Waals surface area contributed by atoms with Crippen LogP contribution in [0.15, 0.2) is 18.2 Å². The predicted octanol–water partition coefficient (Wildman–Crippen LogP) is 1.68. The zero-order valence-electron chi connectivity index (χ0n) is 12.9. The molecule has 1 aliphatic rings. The minimum absolute atomic E-state index is 0.523. The highest BCUT2D eigenvalue weighted by Crippen LogP contribution is 2.21. The molecule has 2 N–H and O–H groups in total. The van der Waals surface area contributed by atoms with Crippen molar-refractivity contribution in [3.63, 3.8) is 0 Å². The third-order valence-electron chi connectivity index (χ3n) is 4.23. The predicted molar refractivity (Wildman–Crippen MR) is 82.9 cm³/mol. The molecule has 4 nitrogen and oxygen atoms in total. The molecule has 1 atom stereocenters. The van der Waals surface area contributed by atoms with Crippen LogP contribution in [0.2, 0.25) is 0 Å². The summed E-state index contributed by atoms with van der Waals surface area (Å²) in [5.41, 5.74) is 8.09. The first kappa shape index (κ1) is 15.3. The lowest BCUT2D eigenvalue weighted by Gasteiger charge is -2.39. The summed E-state index contributed by atoms with van der Waals surface area (Å²) in [4.78, 5) is 5.06. The van der Waals surface area contributed by atoms with Crippen LogP contribution in [0.5, 0.6) is 5.75 Å². The number of piperazine rings is 1. The Morgan fingerprint density at radius 3 is 2.75 bits per heavy atom. The molecule has 1 heterocycles. The van der Waals surface area contributed by atoms with Gasteiger partial charge in [-0.2, -0.15) is 0 Å². The van der Waals surface area contributed by atoms with Gasteiger partial charge in [-0.15, -0.1) is 0 Å². The summed E-state index contributed by atoms with van der Waals surface area (Å²) in [5.74, 6) is 0.908. The Labute approximate surface area is 122 Å². The summed E-state index contributed by atoms with van der Waals surface area (Å²) in [7, 11) is 1.71. The van der Waals surface area contributed by atoms with Gasteiger partial charge in [-0.05, 0) is 25.1 Å². The first-order valence-electron chi connectivity index (χ1n) is 7.50. The number of hydrogen-bond donors (Lipinski definition) is 1. The molecule has 4 heteroatoms. The van der Waals surface area contributed by atoms with E-state index in [4.69, 9.17) is 10.5 Å². The third kappa shape index (κ3) is 3.51. The van der Waals surface area contributed by atoms with E-state index < -0.39 is 0 Å². The molecule has 1 aromatic rings. The molecule has 1 unspecified atom stereocenters. The number of hydrogen-bond acceptors (Lipinski definition) is 4. The Kier molecular flexibility index (Phi) is 5.40. The van der Waals surface area contributed by atoms with Gasteiger partial charge in [0.1, 0.15) is 5.75 Å². The summed E-state index contributed by atoms with van der Waals surface area (Å²) < 4.78 is 5.41. The van der Waals surface area contributed by atoms with E-state index in [1.54, 1.807) is 7.11 Å². The molecule has 112 valence electrons. The minimum Gasteiger partial charge on any atom is -0.496 e. The molecule has 0 amide bonds. The standard InChI is InChI=1S/C16H27N3O/c1-4-19-8-7-18(11-13(19)2)12-14-5-6-15(10-17)16(9-14)20-3/h5-6,9,13H,4,7-8,10-12,17H2,1-3H3. The van der Waals surface area contributed by atoms with E-state index in [0.29, 0.717) is 12.6 Å². The summed E-state index contributed by atoms with van der Waals surface area (Å²) >= 11 is 0. The van der Waals surface area contributed by atoms with Crippen LogP contribution in [0.1, 0.15) is 25.0 Å². The van der Waals surface area contributed by atoms with Gasteiger partial charge in [-0.25, -0.2) is 0 Å². The normalized spacial score (nSPS) is 21.1. The molecule has 0 aliphatic carbocycles. The van der Waals surface area contributed by atoms with Gasteiger partial charge in [0.2, 0.25) is 0 Å². The number of benzene rings is 1. The van der Waals surface area contributed by atoms with Crippen LogP contribution < -0.4 is 10.5 Å². The van der Waals surface area contributed by atoms with Crippen molar-refractivity contribution >= 4 is 0 Å². The van der Waals surface area contributed by atoms with Crippen molar-refractivity contribution in [2.75, 3.05) is 33.3 Å². The van der Waals surface area contributed by atoms with Crippen LogP contribution in [0.25, 0.3) is 0 Å². The van der Waals surface area contributed by atoms with Crippen LogP contribution in [-0.4, -0.2) is 49.1 Å². The monoisotopic (exact) mass is 277 g/mol. The lowest BCUT2D eigenvalue weighted by Crippen LogP contribution is -2.51. The van der Waals surface area contributed by atoms with Gasteiger partial charge in [0.15, 0.2) is 0 Å². The smallest absolute Gasteiger partial charge is 0.123 e. The fraction of sp³-hybridized carbons (Fsp3) is 0.625. The van der Waals surface area contributed by atoms with Gasteiger partial charge >= 0.3 is 0 Å². The van der Waals surface area contributed by atoms with Gasteiger partial charge in [0.25, 0.3) is 0 Å². The SMILES string of the molecule is CCN1CCN(Cc2ccc(CN)c(OC)c2)CC1C. The molecule has 0 radical (unpaired) electrons. The number of methoxy groups -OCH3 is 1. The average Bonchev–Trinajstić information content (AvgIpc) is 2.47. The number of likely N-dealkylation sites (N-methyl/N-ethyl adjacent to an activating group) is 1. The van der Waals surface area contributed by atoms with Crippen molar-refractivity contribution in [2.45, 2.75) is 33.0 Å². The molecular formula is C16H27N3O. The summed E-state index contributed by atoms with van der Waals surface area (Å²) in [6, 6.07) is 7.01. The van der Waals surface area contributed by atoms with E-state index >= 15 is 0 Å². The number of ether oxygens (including phenoxy) is 1.